The third kappa shape index (κ3) is 12.8. The highest BCUT2D eigenvalue weighted by Crippen LogP contribution is 2.45. The van der Waals surface area contributed by atoms with E-state index in [2.05, 4.69) is 483 Å². The smallest absolute Gasteiger partial charge is 0.164 e. The van der Waals surface area contributed by atoms with Crippen molar-refractivity contribution in [3.8, 4) is 84.6 Å². The first-order valence-corrected chi connectivity index (χ1v) is 40.7. The van der Waals surface area contributed by atoms with Gasteiger partial charge in [0.05, 0.1) is 33.1 Å². The van der Waals surface area contributed by atoms with E-state index in [1.165, 1.54) is 0 Å². The summed E-state index contributed by atoms with van der Waals surface area (Å²) in [4.78, 5) is 23.6. The zero-order valence-corrected chi connectivity index (χ0v) is 65.3. The Morgan fingerprint density at radius 2 is 0.350 bits per heavy atom. The van der Waals surface area contributed by atoms with Crippen LogP contribution in [0, 0.1) is 0 Å². The number of nitrogens with zero attached hydrogens (tertiary/aromatic N) is 9. The molecule has 4 aromatic heterocycles. The van der Waals surface area contributed by atoms with Crippen molar-refractivity contribution < 1.29 is 0 Å². The fraction of sp³-hybridized carbons (Fsp3) is 0. The van der Waals surface area contributed by atoms with E-state index < -0.39 is 0 Å². The normalized spacial score (nSPS) is 11.5. The summed E-state index contributed by atoms with van der Waals surface area (Å²) in [5, 5.41) is 6.96. The van der Waals surface area contributed by atoms with Crippen LogP contribution in [-0.4, -0.2) is 28.7 Å². The second kappa shape index (κ2) is 30.2. The maximum atomic E-state index is 5.56. The fourth-order valence-electron chi connectivity index (χ4n) is 17.6. The summed E-state index contributed by atoms with van der Waals surface area (Å²) in [5.74, 6) is 1.65. The van der Waals surface area contributed by atoms with Crippen molar-refractivity contribution in [2.24, 2.45) is 0 Å². The lowest BCUT2D eigenvalue weighted by atomic mass is 10.0. The van der Waals surface area contributed by atoms with Crippen LogP contribution in [0.1, 0.15) is 0 Å². The minimum absolute atomic E-state index is 0.549. The van der Waals surface area contributed by atoms with Gasteiger partial charge in [0, 0.05) is 117 Å². The van der Waals surface area contributed by atoms with E-state index in [4.69, 9.17) is 15.0 Å². The molecule has 0 N–H and O–H groups in total. The number of hydrogen-bond donors (Lipinski definition) is 0. The molecule has 120 heavy (non-hydrogen) atoms. The van der Waals surface area contributed by atoms with Crippen molar-refractivity contribution in [1.29, 1.82) is 0 Å². The van der Waals surface area contributed by atoms with Crippen molar-refractivity contribution in [2.45, 2.75) is 0 Å². The summed E-state index contributed by atoms with van der Waals surface area (Å²) >= 11 is 0. The van der Waals surface area contributed by atoms with Gasteiger partial charge in [-0.05, 0) is 234 Å². The lowest BCUT2D eigenvalue weighted by Crippen LogP contribution is -2.09. The Kier molecular flexibility index (Phi) is 17.7. The van der Waals surface area contributed by atoms with Crippen LogP contribution in [-0.2, 0) is 0 Å². The van der Waals surface area contributed by atoms with Crippen LogP contribution < -0.4 is 14.7 Å². The molecule has 0 radical (unpaired) electrons. The van der Waals surface area contributed by atoms with Crippen molar-refractivity contribution in [2.75, 3.05) is 14.7 Å². The van der Waals surface area contributed by atoms with Gasteiger partial charge in [-0.15, -0.1) is 0 Å². The van der Waals surface area contributed by atoms with Gasteiger partial charge in [0.1, 0.15) is 0 Å². The number of fused-ring (bicyclic) bond motifs is 9. The number of hydrogen-bond acceptors (Lipinski definition) is 6. The van der Waals surface area contributed by atoms with E-state index in [1.54, 1.807) is 0 Å². The van der Waals surface area contributed by atoms with E-state index in [1.807, 2.05) is 0 Å². The third-order valence-corrected chi connectivity index (χ3v) is 23.2. The van der Waals surface area contributed by atoms with Crippen molar-refractivity contribution >= 4 is 117 Å². The predicted molar refractivity (Wildman–Crippen MR) is 500 cm³/mol. The lowest BCUT2D eigenvalue weighted by Gasteiger charge is -2.25. The van der Waals surface area contributed by atoms with E-state index >= 15 is 0 Å². The highest BCUT2D eigenvalue weighted by molar-refractivity contribution is 6.13. The Labute approximate surface area is 695 Å². The van der Waals surface area contributed by atoms with Gasteiger partial charge in [-0.25, -0.2) is 15.0 Å². The van der Waals surface area contributed by atoms with Crippen LogP contribution >= 0.6 is 0 Å². The molecule has 0 aliphatic rings. The van der Waals surface area contributed by atoms with Crippen LogP contribution in [0.25, 0.3) is 150 Å². The Balaban J connectivity index is 0.646. The summed E-state index contributed by atoms with van der Waals surface area (Å²) in [6.07, 6.45) is 0. The van der Waals surface area contributed by atoms with Gasteiger partial charge in [-0.1, -0.05) is 255 Å². The van der Waals surface area contributed by atoms with Crippen LogP contribution in [0.4, 0.5) is 51.2 Å². The standard InChI is InChI=1S/C111H75N9/c1-7-31-85(32-8-1)115(86-33-9-2-10-34-86)91-61-52-76(53-62-91)79-58-67-106-100(73-79)97-46-19-22-49-103(97)118(106)94-43-25-28-82(70-94)109-112-110(83-29-26-44-95(71-83)119-104-50-23-20-47-98(104)101-74-80(59-68-107(101)119)77-54-63-92(64-55-77)116(87-35-11-3-12-36-87)88-37-13-4-14-38-88)114-111(113-109)84-30-27-45-96(72-84)120-105-51-24-21-48-99(105)102-75-81(60-69-108(102)120)78-56-65-93(66-57-78)117(89-39-15-5-16-40-89)90-41-17-6-18-42-90/h1-75H. The largest absolute Gasteiger partial charge is 0.311 e. The Morgan fingerprint density at radius 3 is 0.600 bits per heavy atom. The minimum atomic E-state index is 0.549. The van der Waals surface area contributed by atoms with Gasteiger partial charge in [-0.2, -0.15) is 0 Å². The molecular formula is C111H75N9. The van der Waals surface area contributed by atoms with E-state index in [9.17, 15) is 0 Å². The van der Waals surface area contributed by atoms with Gasteiger partial charge >= 0.3 is 0 Å². The zero-order valence-electron chi connectivity index (χ0n) is 65.3. The molecule has 0 fully saturated rings. The molecule has 0 spiro atoms. The van der Waals surface area contributed by atoms with Gasteiger partial charge < -0.3 is 28.4 Å². The number of para-hydroxylation sites is 9. The van der Waals surface area contributed by atoms with Crippen LogP contribution in [0.5, 0.6) is 0 Å². The number of aromatic nitrogens is 6. The molecule has 22 aromatic rings. The lowest BCUT2D eigenvalue weighted by molar-refractivity contribution is 1.07. The zero-order chi connectivity index (χ0) is 79.4. The molecule has 0 unspecified atom stereocenters. The average Bonchev–Trinajstić information content (AvgIpc) is 1.63. The van der Waals surface area contributed by atoms with Crippen LogP contribution in [0.2, 0.25) is 0 Å². The molecule has 0 atom stereocenters. The van der Waals surface area contributed by atoms with Crippen molar-refractivity contribution in [3.63, 3.8) is 0 Å². The predicted octanol–water partition coefficient (Wildman–Crippen LogP) is 29.6. The molecule has 0 aliphatic heterocycles. The Bertz CT molecular complexity index is 6710. The highest BCUT2D eigenvalue weighted by Gasteiger charge is 2.24. The second-order valence-electron chi connectivity index (χ2n) is 30.4. The first-order valence-electron chi connectivity index (χ1n) is 40.7. The second-order valence-corrected chi connectivity index (χ2v) is 30.4. The summed E-state index contributed by atoms with van der Waals surface area (Å²) < 4.78 is 7.13. The SMILES string of the molecule is c1ccc(N(c2ccccc2)c2ccc(-c3ccc4c(c3)c3ccccc3n4-c3cccc(-c4nc(-c5cccc(-n6c7ccccc7c7cc(-c8ccc(N(c9ccccc9)c9ccccc9)cc8)ccc76)c5)nc(-c5cccc(-n6c7ccccc7c7cc(-c8ccc(N(c9ccccc9)c9ccccc9)cc8)ccc76)c5)n4)c3)cc2)cc1. The molecule has 18 aromatic carbocycles. The highest BCUT2D eigenvalue weighted by atomic mass is 15.2. The summed E-state index contributed by atoms with van der Waals surface area (Å²) in [6, 6.07) is 163. The topological polar surface area (TPSA) is 63.2 Å². The van der Waals surface area contributed by atoms with Crippen molar-refractivity contribution in [3.05, 3.63) is 455 Å². The maximum Gasteiger partial charge on any atom is 0.164 e. The monoisotopic (exact) mass is 1530 g/mol. The maximum absolute atomic E-state index is 5.56. The minimum Gasteiger partial charge on any atom is -0.311 e. The molecule has 0 amide bonds. The van der Waals surface area contributed by atoms with Gasteiger partial charge in [0.2, 0.25) is 0 Å². The molecule has 0 aliphatic carbocycles. The van der Waals surface area contributed by atoms with Gasteiger partial charge in [0.25, 0.3) is 0 Å². The molecule has 564 valence electrons. The van der Waals surface area contributed by atoms with Gasteiger partial charge in [-0.3, -0.25) is 0 Å². The average molecular weight is 1530 g/mol. The van der Waals surface area contributed by atoms with E-state index in [-0.39, 0.29) is 0 Å². The molecule has 9 nitrogen and oxygen atoms in total. The third-order valence-electron chi connectivity index (χ3n) is 23.2. The van der Waals surface area contributed by atoms with Crippen molar-refractivity contribution in [1.82, 2.24) is 28.7 Å². The molecule has 4 heterocycles. The molecular weight excluding hydrogens is 1460 g/mol. The first kappa shape index (κ1) is 70.4. The first-order chi connectivity index (χ1) is 59.5. The quantitative estimate of drug-likeness (QED) is 0.0853. The summed E-state index contributed by atoms with van der Waals surface area (Å²) in [6.45, 7) is 0. The van der Waals surface area contributed by atoms with Crippen LogP contribution in [0.3, 0.4) is 0 Å². The molecule has 0 bridgehead atoms. The molecule has 22 rings (SSSR count). The van der Waals surface area contributed by atoms with E-state index in [0.29, 0.717) is 17.5 Å². The number of benzene rings is 18. The summed E-state index contributed by atoms with van der Waals surface area (Å²) in [7, 11) is 0. The number of rotatable bonds is 18. The summed E-state index contributed by atoms with van der Waals surface area (Å²) in [5.41, 5.74) is 28.7. The molecule has 0 saturated carbocycles. The Morgan fingerprint density at radius 1 is 0.142 bits per heavy atom. The molecule has 0 saturated heterocycles. The van der Waals surface area contributed by atoms with Gasteiger partial charge in [0.15, 0.2) is 17.5 Å². The van der Waals surface area contributed by atoms with Crippen LogP contribution in [0.15, 0.2) is 455 Å². The molecule has 9 heteroatoms. The number of anilines is 9. The van der Waals surface area contributed by atoms with E-state index in [0.717, 1.165) is 184 Å². The fourth-order valence-corrected chi connectivity index (χ4v) is 17.6. The Hall–Kier alpha value is -16.2.